The fourth-order valence-corrected chi connectivity index (χ4v) is 10.0. The van der Waals surface area contributed by atoms with E-state index < -0.39 is 5.41 Å². The molecule has 0 fully saturated rings. The van der Waals surface area contributed by atoms with E-state index in [9.17, 15) is 0 Å². The van der Waals surface area contributed by atoms with Gasteiger partial charge in [-0.25, -0.2) is 0 Å². The van der Waals surface area contributed by atoms with Crippen molar-refractivity contribution < 1.29 is 4.42 Å². The maximum absolute atomic E-state index is 6.73. The Morgan fingerprint density at radius 2 is 0.918 bits per heavy atom. The van der Waals surface area contributed by atoms with Gasteiger partial charge in [-0.05, 0) is 104 Å². The van der Waals surface area contributed by atoms with E-state index in [-0.39, 0.29) is 0 Å². The van der Waals surface area contributed by atoms with Crippen molar-refractivity contribution in [1.29, 1.82) is 0 Å². The van der Waals surface area contributed by atoms with Gasteiger partial charge in [0, 0.05) is 33.1 Å². The third-order valence-electron chi connectivity index (χ3n) is 12.8. The average Bonchev–Trinajstić information content (AvgIpc) is 3.86. The lowest BCUT2D eigenvalue weighted by molar-refractivity contribution is 0.673. The van der Waals surface area contributed by atoms with Crippen molar-refractivity contribution in [3.8, 4) is 33.4 Å². The molecule has 0 N–H and O–H groups in total. The van der Waals surface area contributed by atoms with Crippen LogP contribution in [0.5, 0.6) is 0 Å². The first-order valence-electron chi connectivity index (χ1n) is 21.0. The largest absolute Gasteiger partial charge is 0.455 e. The smallest absolute Gasteiger partial charge is 0.143 e. The molecule has 0 saturated heterocycles. The zero-order valence-corrected chi connectivity index (χ0v) is 33.4. The summed E-state index contributed by atoms with van der Waals surface area (Å²) in [5, 5.41) is 4.55. The summed E-state index contributed by atoms with van der Waals surface area (Å²) in [6.07, 6.45) is 0. The van der Waals surface area contributed by atoms with Gasteiger partial charge in [0.2, 0.25) is 0 Å². The summed E-state index contributed by atoms with van der Waals surface area (Å²) in [4.78, 5) is 2.43. The molecule has 12 rings (SSSR count). The molecule has 10 aromatic carbocycles. The van der Waals surface area contributed by atoms with Crippen LogP contribution in [0.15, 0.2) is 241 Å². The number of benzene rings is 10. The lowest BCUT2D eigenvalue weighted by Crippen LogP contribution is -2.28. The van der Waals surface area contributed by atoms with Gasteiger partial charge in [-0.2, -0.15) is 0 Å². The third-order valence-corrected chi connectivity index (χ3v) is 12.8. The number of anilines is 3. The molecule has 1 heterocycles. The van der Waals surface area contributed by atoms with Gasteiger partial charge in [-0.3, -0.25) is 0 Å². The number of furan rings is 1. The van der Waals surface area contributed by atoms with Crippen LogP contribution < -0.4 is 4.90 Å². The van der Waals surface area contributed by atoms with E-state index in [1.54, 1.807) is 0 Å². The fourth-order valence-electron chi connectivity index (χ4n) is 10.0. The lowest BCUT2D eigenvalue weighted by atomic mass is 9.67. The van der Waals surface area contributed by atoms with Crippen LogP contribution in [0.4, 0.5) is 17.1 Å². The van der Waals surface area contributed by atoms with Crippen LogP contribution in [0, 0.1) is 0 Å². The molecule has 0 atom stereocenters. The number of hydrogen-bond acceptors (Lipinski definition) is 2. The summed E-state index contributed by atoms with van der Waals surface area (Å²) in [6.45, 7) is 0. The number of para-hydroxylation sites is 1. The monoisotopic (exact) mass is 777 g/mol. The molecule has 1 aromatic heterocycles. The first-order valence-corrected chi connectivity index (χ1v) is 21.0. The maximum atomic E-state index is 6.73. The van der Waals surface area contributed by atoms with Gasteiger partial charge in [-0.15, -0.1) is 0 Å². The quantitative estimate of drug-likeness (QED) is 0.160. The van der Waals surface area contributed by atoms with Crippen molar-refractivity contribution in [3.63, 3.8) is 0 Å². The van der Waals surface area contributed by atoms with Crippen molar-refractivity contribution in [2.24, 2.45) is 0 Å². The molecule has 0 saturated carbocycles. The Morgan fingerprint density at radius 3 is 1.69 bits per heavy atom. The molecule has 0 amide bonds. The van der Waals surface area contributed by atoms with E-state index in [1.807, 2.05) is 0 Å². The second-order valence-corrected chi connectivity index (χ2v) is 16.0. The molecule has 0 unspecified atom stereocenters. The van der Waals surface area contributed by atoms with E-state index in [2.05, 4.69) is 241 Å². The first kappa shape index (κ1) is 35.0. The molecule has 1 aliphatic carbocycles. The standard InChI is InChI=1S/C59H39NO/c1-4-16-40(17-5-1)41-28-32-46(33-29-41)60(56-27-15-13-23-48(56)43-31-35-52-53-36-30-42-18-10-11-24-49(42)58(53)61-57(52)38-43)47-34-37-51-50-25-12-14-26-54(50)59(55(51)39-47,44-19-6-2-7-20-44)45-21-8-3-9-22-45/h1-39H. The minimum atomic E-state index is -0.524. The van der Waals surface area contributed by atoms with E-state index in [0.29, 0.717) is 0 Å². The molecule has 0 bridgehead atoms. The van der Waals surface area contributed by atoms with Crippen molar-refractivity contribution in [2.45, 2.75) is 5.41 Å². The van der Waals surface area contributed by atoms with Crippen LogP contribution in [-0.2, 0) is 5.41 Å². The number of rotatable bonds is 7. The van der Waals surface area contributed by atoms with Crippen LogP contribution >= 0.6 is 0 Å². The molecule has 2 nitrogen and oxygen atoms in total. The Kier molecular flexibility index (Phi) is 8.11. The zero-order valence-electron chi connectivity index (χ0n) is 33.4. The summed E-state index contributed by atoms with van der Waals surface area (Å²) in [5.74, 6) is 0. The predicted molar refractivity (Wildman–Crippen MR) is 254 cm³/mol. The van der Waals surface area contributed by atoms with Gasteiger partial charge in [-0.1, -0.05) is 188 Å². The molecule has 2 heteroatoms. The van der Waals surface area contributed by atoms with E-state index in [1.165, 1.54) is 49.9 Å². The minimum absolute atomic E-state index is 0.524. The Bertz CT molecular complexity index is 3360. The Labute approximate surface area is 355 Å². The minimum Gasteiger partial charge on any atom is -0.455 e. The fraction of sp³-hybridized carbons (Fsp3) is 0.0169. The number of hydrogen-bond donors (Lipinski definition) is 0. The van der Waals surface area contributed by atoms with Gasteiger partial charge < -0.3 is 9.32 Å². The van der Waals surface area contributed by atoms with Crippen molar-refractivity contribution in [2.75, 3.05) is 4.90 Å². The van der Waals surface area contributed by atoms with E-state index in [4.69, 9.17) is 4.42 Å². The zero-order chi connectivity index (χ0) is 40.3. The number of nitrogens with zero attached hydrogens (tertiary/aromatic N) is 1. The van der Waals surface area contributed by atoms with Crippen molar-refractivity contribution in [3.05, 3.63) is 259 Å². The summed E-state index contributed by atoms with van der Waals surface area (Å²) in [6, 6.07) is 86.0. The lowest BCUT2D eigenvalue weighted by Gasteiger charge is -2.35. The van der Waals surface area contributed by atoms with Crippen LogP contribution in [0.2, 0.25) is 0 Å². The van der Waals surface area contributed by atoms with Crippen LogP contribution in [0.3, 0.4) is 0 Å². The van der Waals surface area contributed by atoms with Crippen molar-refractivity contribution >= 4 is 49.8 Å². The average molecular weight is 778 g/mol. The topological polar surface area (TPSA) is 16.4 Å². The number of fused-ring (bicyclic) bond motifs is 8. The highest BCUT2D eigenvalue weighted by molar-refractivity contribution is 6.15. The SMILES string of the molecule is c1ccc(-c2ccc(N(c3ccc4c(c3)C(c3ccccc3)(c3ccccc3)c3ccccc3-4)c3ccccc3-c3ccc4c(c3)oc3c5ccccc5ccc43)cc2)cc1. The van der Waals surface area contributed by atoms with E-state index in [0.717, 1.165) is 55.5 Å². The summed E-state index contributed by atoms with van der Waals surface area (Å²) in [5.41, 5.74) is 16.7. The summed E-state index contributed by atoms with van der Waals surface area (Å²) >= 11 is 0. The van der Waals surface area contributed by atoms with Crippen LogP contribution in [0.1, 0.15) is 22.3 Å². The van der Waals surface area contributed by atoms with Gasteiger partial charge in [0.25, 0.3) is 0 Å². The van der Waals surface area contributed by atoms with Gasteiger partial charge >= 0.3 is 0 Å². The predicted octanol–water partition coefficient (Wildman–Crippen LogP) is 15.9. The van der Waals surface area contributed by atoms with Gasteiger partial charge in [0.1, 0.15) is 11.2 Å². The van der Waals surface area contributed by atoms with Gasteiger partial charge in [0.05, 0.1) is 11.1 Å². The summed E-state index contributed by atoms with van der Waals surface area (Å²) < 4.78 is 6.73. The van der Waals surface area contributed by atoms with Crippen molar-refractivity contribution in [1.82, 2.24) is 0 Å². The van der Waals surface area contributed by atoms with Crippen LogP contribution in [-0.4, -0.2) is 0 Å². The Balaban J connectivity index is 1.09. The van der Waals surface area contributed by atoms with E-state index >= 15 is 0 Å². The highest BCUT2D eigenvalue weighted by Gasteiger charge is 2.46. The third kappa shape index (κ3) is 5.50. The van der Waals surface area contributed by atoms with Gasteiger partial charge in [0.15, 0.2) is 0 Å². The maximum Gasteiger partial charge on any atom is 0.143 e. The summed E-state index contributed by atoms with van der Waals surface area (Å²) in [7, 11) is 0. The molecule has 286 valence electrons. The first-order chi connectivity index (χ1) is 30.3. The normalized spacial score (nSPS) is 12.7. The Morgan fingerprint density at radius 1 is 0.344 bits per heavy atom. The molecule has 1 aliphatic rings. The molecule has 61 heavy (non-hydrogen) atoms. The molecule has 0 spiro atoms. The Hall–Kier alpha value is -7.94. The molecular formula is C59H39NO. The molecule has 11 aromatic rings. The second-order valence-electron chi connectivity index (χ2n) is 16.0. The van der Waals surface area contributed by atoms with Crippen LogP contribution in [0.25, 0.3) is 66.1 Å². The highest BCUT2D eigenvalue weighted by Crippen LogP contribution is 2.57. The molecule has 0 radical (unpaired) electrons. The second kappa shape index (κ2) is 14.1. The molecular weight excluding hydrogens is 739 g/mol. The highest BCUT2D eigenvalue weighted by atomic mass is 16.3. The molecule has 0 aliphatic heterocycles.